The van der Waals surface area contributed by atoms with E-state index in [9.17, 15) is 9.59 Å². The van der Waals surface area contributed by atoms with E-state index in [0.717, 1.165) is 12.8 Å². The number of carbonyl (C=O) groups is 2. The Morgan fingerprint density at radius 2 is 2.25 bits per heavy atom. The van der Waals surface area contributed by atoms with Crippen LogP contribution in [0, 0.1) is 0 Å². The summed E-state index contributed by atoms with van der Waals surface area (Å²) in [4.78, 5) is 22.3. The lowest BCUT2D eigenvalue weighted by Gasteiger charge is -2.06. The van der Waals surface area contributed by atoms with Crippen molar-refractivity contribution in [1.82, 2.24) is 9.78 Å². The van der Waals surface area contributed by atoms with Crippen LogP contribution in [0.4, 0.5) is 5.82 Å². The number of carboxylic acid groups (broad SMARTS) is 1. The van der Waals surface area contributed by atoms with Crippen LogP contribution in [0.3, 0.4) is 0 Å². The number of nitrogens with zero attached hydrogens (tertiary/aromatic N) is 2. The molecule has 1 rings (SSSR count). The Labute approximate surface area is 93.3 Å². The fourth-order valence-corrected chi connectivity index (χ4v) is 1.27. The lowest BCUT2D eigenvalue weighted by molar-refractivity contribution is -0.116. The van der Waals surface area contributed by atoms with Crippen molar-refractivity contribution in [2.45, 2.75) is 26.2 Å². The second kappa shape index (κ2) is 5.29. The zero-order valence-electron chi connectivity index (χ0n) is 9.36. The van der Waals surface area contributed by atoms with Crippen molar-refractivity contribution in [3.63, 3.8) is 0 Å². The van der Waals surface area contributed by atoms with Gasteiger partial charge in [0, 0.05) is 13.5 Å². The van der Waals surface area contributed by atoms with E-state index in [1.54, 1.807) is 7.05 Å². The number of nitrogens with one attached hydrogen (secondary N) is 1. The van der Waals surface area contributed by atoms with Crippen molar-refractivity contribution >= 4 is 17.7 Å². The van der Waals surface area contributed by atoms with Crippen molar-refractivity contribution < 1.29 is 14.7 Å². The number of anilines is 1. The molecular formula is C10H15N3O3. The van der Waals surface area contributed by atoms with Crippen LogP contribution in [0.5, 0.6) is 0 Å². The van der Waals surface area contributed by atoms with Gasteiger partial charge in [-0.1, -0.05) is 13.3 Å². The maximum atomic E-state index is 11.5. The maximum absolute atomic E-state index is 11.5. The summed E-state index contributed by atoms with van der Waals surface area (Å²) in [6.45, 7) is 1.99. The van der Waals surface area contributed by atoms with E-state index in [0.29, 0.717) is 6.42 Å². The number of aryl methyl sites for hydroxylation is 1. The first kappa shape index (κ1) is 12.2. The standard InChI is InChI=1S/C10H15N3O3/c1-3-4-5-8(14)12-9-7(10(15)16)6-11-13(9)2/h6H,3-5H2,1-2H3,(H,12,14)(H,15,16). The summed E-state index contributed by atoms with van der Waals surface area (Å²) in [5, 5.41) is 15.2. The third-order valence-electron chi connectivity index (χ3n) is 2.18. The Balaban J connectivity index is 2.76. The van der Waals surface area contributed by atoms with Gasteiger partial charge in [0.05, 0.1) is 6.20 Å². The Kier molecular flexibility index (Phi) is 4.04. The van der Waals surface area contributed by atoms with Crippen LogP contribution in [0.1, 0.15) is 36.5 Å². The molecule has 2 N–H and O–H groups in total. The third-order valence-corrected chi connectivity index (χ3v) is 2.18. The van der Waals surface area contributed by atoms with E-state index in [1.807, 2.05) is 6.92 Å². The highest BCUT2D eigenvalue weighted by Gasteiger charge is 2.16. The molecule has 16 heavy (non-hydrogen) atoms. The van der Waals surface area contributed by atoms with Gasteiger partial charge in [0.1, 0.15) is 11.4 Å². The monoisotopic (exact) mass is 225 g/mol. The molecule has 88 valence electrons. The van der Waals surface area contributed by atoms with Gasteiger partial charge in [-0.05, 0) is 6.42 Å². The molecule has 1 heterocycles. The molecule has 6 heteroatoms. The molecule has 0 atom stereocenters. The topological polar surface area (TPSA) is 84.2 Å². The molecule has 0 fully saturated rings. The highest BCUT2D eigenvalue weighted by molar-refractivity contribution is 5.99. The van der Waals surface area contributed by atoms with Gasteiger partial charge >= 0.3 is 5.97 Å². The SMILES string of the molecule is CCCCC(=O)Nc1c(C(=O)O)cnn1C. The number of aromatic carboxylic acids is 1. The van der Waals surface area contributed by atoms with Gasteiger partial charge < -0.3 is 10.4 Å². The highest BCUT2D eigenvalue weighted by atomic mass is 16.4. The molecule has 0 bridgehead atoms. The summed E-state index contributed by atoms with van der Waals surface area (Å²) in [6, 6.07) is 0. The summed E-state index contributed by atoms with van der Waals surface area (Å²) in [6.07, 6.45) is 3.31. The Morgan fingerprint density at radius 3 is 2.81 bits per heavy atom. The van der Waals surface area contributed by atoms with Gasteiger partial charge in [-0.25, -0.2) is 4.79 Å². The summed E-state index contributed by atoms with van der Waals surface area (Å²) in [7, 11) is 1.59. The normalized spacial score (nSPS) is 10.1. The zero-order chi connectivity index (χ0) is 12.1. The highest BCUT2D eigenvalue weighted by Crippen LogP contribution is 2.14. The average Bonchev–Trinajstić information content (AvgIpc) is 2.58. The quantitative estimate of drug-likeness (QED) is 0.789. The summed E-state index contributed by atoms with van der Waals surface area (Å²) >= 11 is 0. The number of amides is 1. The first-order valence-corrected chi connectivity index (χ1v) is 5.11. The summed E-state index contributed by atoms with van der Waals surface area (Å²) < 4.78 is 1.34. The number of rotatable bonds is 5. The Hall–Kier alpha value is -1.85. The predicted molar refractivity (Wildman–Crippen MR) is 58.3 cm³/mol. The van der Waals surface area contributed by atoms with Crippen molar-refractivity contribution in [3.05, 3.63) is 11.8 Å². The second-order valence-corrected chi connectivity index (χ2v) is 3.49. The van der Waals surface area contributed by atoms with Crippen LogP contribution in [0.15, 0.2) is 6.20 Å². The lowest BCUT2D eigenvalue weighted by atomic mass is 10.2. The molecule has 0 aliphatic rings. The molecule has 0 aliphatic heterocycles. The lowest BCUT2D eigenvalue weighted by Crippen LogP contribution is -2.16. The van der Waals surface area contributed by atoms with Gasteiger partial charge in [-0.15, -0.1) is 0 Å². The molecule has 1 aromatic rings. The summed E-state index contributed by atoms with van der Waals surface area (Å²) in [5.74, 6) is -1.06. The first-order chi connectivity index (χ1) is 7.56. The first-order valence-electron chi connectivity index (χ1n) is 5.11. The van der Waals surface area contributed by atoms with Gasteiger partial charge in [0.15, 0.2) is 0 Å². The number of aromatic nitrogens is 2. The zero-order valence-corrected chi connectivity index (χ0v) is 9.36. The maximum Gasteiger partial charge on any atom is 0.341 e. The number of unbranched alkanes of at least 4 members (excludes halogenated alkanes) is 1. The molecule has 1 amide bonds. The second-order valence-electron chi connectivity index (χ2n) is 3.49. The molecule has 0 saturated carbocycles. The van der Waals surface area contributed by atoms with Gasteiger partial charge in [0.2, 0.25) is 5.91 Å². The number of carboxylic acids is 1. The Morgan fingerprint density at radius 1 is 1.56 bits per heavy atom. The smallest absolute Gasteiger partial charge is 0.341 e. The molecule has 1 aromatic heterocycles. The van der Waals surface area contributed by atoms with Crippen LogP contribution < -0.4 is 5.32 Å². The minimum absolute atomic E-state index is 0.00680. The third kappa shape index (κ3) is 2.82. The van der Waals surface area contributed by atoms with E-state index in [1.165, 1.54) is 10.9 Å². The molecule has 0 saturated heterocycles. The van der Waals surface area contributed by atoms with Crippen molar-refractivity contribution in [3.8, 4) is 0 Å². The van der Waals surface area contributed by atoms with Crippen molar-refractivity contribution in [2.75, 3.05) is 5.32 Å². The molecule has 0 aromatic carbocycles. The molecule has 0 aliphatic carbocycles. The molecule has 0 radical (unpaired) electrons. The van der Waals surface area contributed by atoms with Gasteiger partial charge in [-0.2, -0.15) is 5.10 Å². The molecular weight excluding hydrogens is 210 g/mol. The molecule has 6 nitrogen and oxygen atoms in total. The van der Waals surface area contributed by atoms with E-state index in [-0.39, 0.29) is 17.3 Å². The fraction of sp³-hybridized carbons (Fsp3) is 0.500. The van der Waals surface area contributed by atoms with Gasteiger partial charge in [-0.3, -0.25) is 9.48 Å². The largest absolute Gasteiger partial charge is 0.477 e. The molecule has 0 unspecified atom stereocenters. The van der Waals surface area contributed by atoms with E-state index in [4.69, 9.17) is 5.11 Å². The fourth-order valence-electron chi connectivity index (χ4n) is 1.27. The van der Waals surface area contributed by atoms with Crippen molar-refractivity contribution in [1.29, 1.82) is 0 Å². The molecule has 0 spiro atoms. The van der Waals surface area contributed by atoms with Crippen LogP contribution in [-0.4, -0.2) is 26.8 Å². The Bertz CT molecular complexity index is 398. The van der Waals surface area contributed by atoms with Crippen LogP contribution in [-0.2, 0) is 11.8 Å². The summed E-state index contributed by atoms with van der Waals surface area (Å²) in [5.41, 5.74) is 0.00680. The van der Waals surface area contributed by atoms with Crippen LogP contribution >= 0.6 is 0 Å². The number of hydrogen-bond donors (Lipinski definition) is 2. The van der Waals surface area contributed by atoms with E-state index < -0.39 is 5.97 Å². The minimum atomic E-state index is -1.10. The van der Waals surface area contributed by atoms with E-state index in [2.05, 4.69) is 10.4 Å². The van der Waals surface area contributed by atoms with Crippen LogP contribution in [0.2, 0.25) is 0 Å². The predicted octanol–water partition coefficient (Wildman–Crippen LogP) is 1.25. The van der Waals surface area contributed by atoms with E-state index >= 15 is 0 Å². The van der Waals surface area contributed by atoms with Crippen molar-refractivity contribution in [2.24, 2.45) is 7.05 Å². The van der Waals surface area contributed by atoms with Crippen LogP contribution in [0.25, 0.3) is 0 Å². The van der Waals surface area contributed by atoms with Gasteiger partial charge in [0.25, 0.3) is 0 Å². The average molecular weight is 225 g/mol. The minimum Gasteiger partial charge on any atom is -0.477 e. The number of hydrogen-bond acceptors (Lipinski definition) is 3. The number of carbonyl (C=O) groups excluding carboxylic acids is 1.